The number of ether oxygens (including phenoxy) is 1. The SMILES string of the molecule is COc1cccc(CN(Cc2cccc(N(C)C)c2)c2ccnc(CN(C)C)c2)c1. The fraction of sp³-hybridized carbons (Fsp3) is 0.320. The summed E-state index contributed by atoms with van der Waals surface area (Å²) < 4.78 is 5.43. The van der Waals surface area contributed by atoms with E-state index >= 15 is 0 Å². The molecule has 0 radical (unpaired) electrons. The van der Waals surface area contributed by atoms with Gasteiger partial charge < -0.3 is 19.4 Å². The molecule has 3 rings (SSSR count). The first kappa shape index (κ1) is 21.7. The van der Waals surface area contributed by atoms with Gasteiger partial charge in [-0.2, -0.15) is 0 Å². The number of rotatable bonds is 9. The van der Waals surface area contributed by atoms with E-state index in [1.165, 1.54) is 22.5 Å². The monoisotopic (exact) mass is 404 g/mol. The van der Waals surface area contributed by atoms with E-state index in [4.69, 9.17) is 4.74 Å². The predicted octanol–water partition coefficient (Wildman–Crippen LogP) is 4.42. The molecule has 5 heteroatoms. The summed E-state index contributed by atoms with van der Waals surface area (Å²) in [6.07, 6.45) is 1.91. The average molecular weight is 405 g/mol. The van der Waals surface area contributed by atoms with Crippen LogP contribution in [0.1, 0.15) is 16.8 Å². The Balaban J connectivity index is 1.93. The molecular formula is C25H32N4O. The molecule has 1 aromatic heterocycles. The summed E-state index contributed by atoms with van der Waals surface area (Å²) >= 11 is 0. The Morgan fingerprint density at radius 2 is 1.47 bits per heavy atom. The summed E-state index contributed by atoms with van der Waals surface area (Å²) in [5, 5.41) is 0. The first-order chi connectivity index (χ1) is 14.4. The molecule has 0 saturated heterocycles. The van der Waals surface area contributed by atoms with Crippen molar-refractivity contribution in [2.75, 3.05) is 45.1 Å². The highest BCUT2D eigenvalue weighted by molar-refractivity contribution is 5.51. The summed E-state index contributed by atoms with van der Waals surface area (Å²) in [4.78, 5) is 11.2. The molecule has 5 nitrogen and oxygen atoms in total. The predicted molar refractivity (Wildman–Crippen MR) is 125 cm³/mol. The van der Waals surface area contributed by atoms with Gasteiger partial charge in [0.25, 0.3) is 0 Å². The molecule has 0 spiro atoms. The maximum Gasteiger partial charge on any atom is 0.119 e. The smallest absolute Gasteiger partial charge is 0.119 e. The van der Waals surface area contributed by atoms with E-state index in [0.717, 1.165) is 31.1 Å². The summed E-state index contributed by atoms with van der Waals surface area (Å²) in [5.41, 5.74) is 5.92. The second-order valence-corrected chi connectivity index (χ2v) is 8.02. The molecule has 30 heavy (non-hydrogen) atoms. The minimum atomic E-state index is 0.787. The standard InChI is InChI=1S/C25H32N4O/c1-27(2)19-22-16-24(12-13-26-22)29(18-21-9-7-11-25(15-21)30-5)17-20-8-6-10-23(14-20)28(3)4/h6-16H,17-19H2,1-5H3. The molecule has 0 bridgehead atoms. The zero-order valence-electron chi connectivity index (χ0n) is 18.7. The van der Waals surface area contributed by atoms with Gasteiger partial charge >= 0.3 is 0 Å². The van der Waals surface area contributed by atoms with Crippen LogP contribution in [0.4, 0.5) is 11.4 Å². The van der Waals surface area contributed by atoms with Gasteiger partial charge in [0.05, 0.1) is 12.8 Å². The molecule has 0 amide bonds. The normalized spacial score (nSPS) is 10.9. The van der Waals surface area contributed by atoms with Gasteiger partial charge in [-0.1, -0.05) is 24.3 Å². The quantitative estimate of drug-likeness (QED) is 0.527. The number of methoxy groups -OCH3 is 1. The van der Waals surface area contributed by atoms with Crippen LogP contribution in [0.3, 0.4) is 0 Å². The molecule has 2 aromatic carbocycles. The van der Waals surface area contributed by atoms with Crippen LogP contribution in [0.15, 0.2) is 66.9 Å². The Bertz CT molecular complexity index is 955. The van der Waals surface area contributed by atoms with Gasteiger partial charge in [-0.15, -0.1) is 0 Å². The Hall–Kier alpha value is -3.05. The van der Waals surface area contributed by atoms with Gasteiger partial charge in [0.15, 0.2) is 0 Å². The van der Waals surface area contributed by atoms with Crippen LogP contribution in [0.2, 0.25) is 0 Å². The molecule has 0 fully saturated rings. The van der Waals surface area contributed by atoms with E-state index in [9.17, 15) is 0 Å². The third-order valence-corrected chi connectivity index (χ3v) is 4.95. The summed E-state index contributed by atoms with van der Waals surface area (Å²) in [6, 6.07) is 21.3. The third-order valence-electron chi connectivity index (χ3n) is 4.95. The van der Waals surface area contributed by atoms with Gasteiger partial charge in [-0.25, -0.2) is 0 Å². The molecule has 3 aromatic rings. The van der Waals surface area contributed by atoms with Gasteiger partial charge in [0, 0.05) is 51.3 Å². The highest BCUT2D eigenvalue weighted by Crippen LogP contribution is 2.24. The van der Waals surface area contributed by atoms with E-state index in [1.807, 2.05) is 18.3 Å². The Kier molecular flexibility index (Phi) is 7.31. The lowest BCUT2D eigenvalue weighted by molar-refractivity contribution is 0.397. The number of anilines is 2. The Morgan fingerprint density at radius 1 is 0.767 bits per heavy atom. The van der Waals surface area contributed by atoms with E-state index < -0.39 is 0 Å². The van der Waals surface area contributed by atoms with Crippen molar-refractivity contribution in [3.8, 4) is 5.75 Å². The third kappa shape index (κ3) is 5.97. The van der Waals surface area contributed by atoms with Crippen LogP contribution >= 0.6 is 0 Å². The maximum absolute atomic E-state index is 5.43. The molecule has 0 aliphatic carbocycles. The molecule has 0 N–H and O–H groups in total. The van der Waals surface area contributed by atoms with Crippen molar-refractivity contribution in [3.63, 3.8) is 0 Å². The van der Waals surface area contributed by atoms with E-state index in [-0.39, 0.29) is 0 Å². The lowest BCUT2D eigenvalue weighted by Crippen LogP contribution is -2.23. The number of nitrogens with zero attached hydrogens (tertiary/aromatic N) is 4. The first-order valence-corrected chi connectivity index (χ1v) is 10.2. The summed E-state index contributed by atoms with van der Waals surface area (Å²) in [7, 11) is 9.98. The second kappa shape index (κ2) is 10.1. The zero-order chi connectivity index (χ0) is 21.5. The number of hydrogen-bond acceptors (Lipinski definition) is 5. The minimum absolute atomic E-state index is 0.787. The van der Waals surface area contributed by atoms with Gasteiger partial charge in [-0.3, -0.25) is 4.98 Å². The molecule has 0 atom stereocenters. The topological polar surface area (TPSA) is 31.8 Å². The van der Waals surface area contributed by atoms with Gasteiger partial charge in [0.2, 0.25) is 0 Å². The van der Waals surface area contributed by atoms with Crippen LogP contribution in [0, 0.1) is 0 Å². The van der Waals surface area contributed by atoms with E-state index in [1.54, 1.807) is 7.11 Å². The molecule has 158 valence electrons. The van der Waals surface area contributed by atoms with E-state index in [2.05, 4.69) is 96.4 Å². The summed E-state index contributed by atoms with van der Waals surface area (Å²) in [5.74, 6) is 0.880. The fourth-order valence-corrected chi connectivity index (χ4v) is 3.46. The van der Waals surface area contributed by atoms with Crippen molar-refractivity contribution >= 4 is 11.4 Å². The fourth-order valence-electron chi connectivity index (χ4n) is 3.46. The molecule has 1 heterocycles. The van der Waals surface area contributed by atoms with Gasteiger partial charge in [0.1, 0.15) is 5.75 Å². The van der Waals surface area contributed by atoms with Crippen LogP contribution in [-0.4, -0.2) is 45.2 Å². The highest BCUT2D eigenvalue weighted by atomic mass is 16.5. The van der Waals surface area contributed by atoms with Crippen LogP contribution < -0.4 is 14.5 Å². The van der Waals surface area contributed by atoms with Crippen molar-refractivity contribution in [1.82, 2.24) is 9.88 Å². The number of benzene rings is 2. The Morgan fingerprint density at radius 3 is 2.13 bits per heavy atom. The van der Waals surface area contributed by atoms with Crippen molar-refractivity contribution in [2.24, 2.45) is 0 Å². The van der Waals surface area contributed by atoms with Crippen LogP contribution in [0.25, 0.3) is 0 Å². The molecule has 0 unspecified atom stereocenters. The van der Waals surface area contributed by atoms with Crippen molar-refractivity contribution in [2.45, 2.75) is 19.6 Å². The van der Waals surface area contributed by atoms with Crippen LogP contribution in [0.5, 0.6) is 5.75 Å². The Labute approximate surface area is 180 Å². The van der Waals surface area contributed by atoms with E-state index in [0.29, 0.717) is 0 Å². The highest BCUT2D eigenvalue weighted by Gasteiger charge is 2.12. The van der Waals surface area contributed by atoms with Gasteiger partial charge in [-0.05, 0) is 61.6 Å². The van der Waals surface area contributed by atoms with Crippen molar-refractivity contribution < 1.29 is 4.74 Å². The minimum Gasteiger partial charge on any atom is -0.497 e. The van der Waals surface area contributed by atoms with Crippen LogP contribution in [-0.2, 0) is 19.6 Å². The average Bonchev–Trinajstić information content (AvgIpc) is 2.73. The number of aromatic nitrogens is 1. The van der Waals surface area contributed by atoms with Crippen molar-refractivity contribution in [3.05, 3.63) is 83.7 Å². The number of hydrogen-bond donors (Lipinski definition) is 0. The zero-order valence-corrected chi connectivity index (χ0v) is 18.7. The lowest BCUT2D eigenvalue weighted by atomic mass is 10.1. The lowest BCUT2D eigenvalue weighted by Gasteiger charge is -2.26. The molecular weight excluding hydrogens is 372 g/mol. The maximum atomic E-state index is 5.43. The largest absolute Gasteiger partial charge is 0.497 e. The number of pyridine rings is 1. The summed E-state index contributed by atoms with van der Waals surface area (Å²) in [6.45, 7) is 2.41. The first-order valence-electron chi connectivity index (χ1n) is 10.2. The molecule has 0 aliphatic rings. The second-order valence-electron chi connectivity index (χ2n) is 8.02. The molecule has 0 aliphatic heterocycles. The molecule has 0 saturated carbocycles. The van der Waals surface area contributed by atoms with Crippen molar-refractivity contribution in [1.29, 1.82) is 0 Å².